The minimum absolute atomic E-state index is 0.0283. The summed E-state index contributed by atoms with van der Waals surface area (Å²) in [4.78, 5) is 21.0. The van der Waals surface area contributed by atoms with Crippen LogP contribution in [-0.4, -0.2) is 54.6 Å². The molecule has 0 bridgehead atoms. The van der Waals surface area contributed by atoms with E-state index in [2.05, 4.69) is 20.6 Å². The zero-order chi connectivity index (χ0) is 22.2. The van der Waals surface area contributed by atoms with Gasteiger partial charge >= 0.3 is 0 Å². The Kier molecular flexibility index (Phi) is 6.57. The molecule has 4 rings (SSSR count). The maximum Gasteiger partial charge on any atom is 0.222 e. The molecule has 2 aliphatic rings. The molecule has 2 aromatic rings. The van der Waals surface area contributed by atoms with Crippen molar-refractivity contribution in [2.24, 2.45) is 5.92 Å². The molecule has 0 spiro atoms. The number of nitrogens with one attached hydrogen (secondary N) is 2. The zero-order valence-electron chi connectivity index (χ0n) is 17.7. The molecule has 1 fully saturated rings. The van der Waals surface area contributed by atoms with Crippen LogP contribution in [0.25, 0.3) is 11.2 Å². The number of pyridine rings is 1. The molecule has 1 aliphatic heterocycles. The fourth-order valence-electron chi connectivity index (χ4n) is 4.15. The van der Waals surface area contributed by atoms with E-state index in [4.69, 9.17) is 21.8 Å². The zero-order valence-corrected chi connectivity index (χ0v) is 18.4. The average molecular weight is 440 g/mol. The van der Waals surface area contributed by atoms with Crippen molar-refractivity contribution in [3.63, 3.8) is 0 Å². The summed E-state index contributed by atoms with van der Waals surface area (Å²) in [5, 5.41) is 33.0. The first-order valence-electron chi connectivity index (χ1n) is 10.2. The standard InChI is InChI=1S/C17H22ClN5O2.C3H8O2/c1-8-5-11(24)12-13(21-8)14-16(22-15(12)18)23(7-20-14)10-4-3-9(6-10)17(25)19-2;1-3(2,4)5/h7-11,21,24H,3-6H2,1-2H3,(H,19,25);4-5H,1-2H3. The van der Waals surface area contributed by atoms with Crippen LogP contribution < -0.4 is 10.6 Å². The summed E-state index contributed by atoms with van der Waals surface area (Å²) >= 11 is 6.38. The number of nitrogens with zero attached hydrogens (tertiary/aromatic N) is 3. The van der Waals surface area contributed by atoms with Crippen molar-refractivity contribution >= 4 is 34.4 Å². The number of carbonyl (C=O) groups is 1. The number of fused-ring (bicyclic) bond motifs is 3. The van der Waals surface area contributed by atoms with E-state index in [0.717, 1.165) is 30.5 Å². The van der Waals surface area contributed by atoms with Gasteiger partial charge in [0.15, 0.2) is 11.4 Å². The Morgan fingerprint density at radius 2 is 2.00 bits per heavy atom. The highest BCUT2D eigenvalue weighted by molar-refractivity contribution is 6.31. The molecule has 4 unspecified atom stereocenters. The van der Waals surface area contributed by atoms with Gasteiger partial charge in [-0.2, -0.15) is 0 Å². The summed E-state index contributed by atoms with van der Waals surface area (Å²) in [7, 11) is 1.67. The number of halogens is 1. The molecule has 9 nitrogen and oxygen atoms in total. The lowest BCUT2D eigenvalue weighted by atomic mass is 9.97. The minimum Gasteiger partial charge on any atom is -0.388 e. The minimum atomic E-state index is -1.50. The van der Waals surface area contributed by atoms with E-state index in [0.29, 0.717) is 22.8 Å². The Morgan fingerprint density at radius 3 is 2.63 bits per heavy atom. The lowest BCUT2D eigenvalue weighted by molar-refractivity contribution is -0.127. The van der Waals surface area contributed by atoms with Crippen molar-refractivity contribution in [1.82, 2.24) is 19.9 Å². The number of amides is 1. The predicted octanol–water partition coefficient (Wildman–Crippen LogP) is 2.12. The predicted molar refractivity (Wildman–Crippen MR) is 114 cm³/mol. The van der Waals surface area contributed by atoms with Gasteiger partial charge in [-0.25, -0.2) is 9.97 Å². The Balaban J connectivity index is 0.000000461. The molecular weight excluding hydrogens is 410 g/mol. The van der Waals surface area contributed by atoms with E-state index >= 15 is 0 Å². The molecule has 0 radical (unpaired) electrons. The fraction of sp³-hybridized carbons (Fsp3) is 0.650. The lowest BCUT2D eigenvalue weighted by Crippen LogP contribution is -2.26. The van der Waals surface area contributed by atoms with E-state index in [-0.39, 0.29) is 23.9 Å². The Hall–Kier alpha value is -1.94. The van der Waals surface area contributed by atoms with Gasteiger partial charge in [-0.05, 0) is 46.5 Å². The highest BCUT2D eigenvalue weighted by Crippen LogP contribution is 2.42. The first-order valence-corrected chi connectivity index (χ1v) is 10.5. The highest BCUT2D eigenvalue weighted by atomic mass is 35.5. The lowest BCUT2D eigenvalue weighted by Gasteiger charge is -2.29. The van der Waals surface area contributed by atoms with Crippen LogP contribution in [0.5, 0.6) is 0 Å². The summed E-state index contributed by atoms with van der Waals surface area (Å²) in [6, 6.07) is 0.318. The van der Waals surface area contributed by atoms with Crippen LogP contribution in [0.1, 0.15) is 64.2 Å². The van der Waals surface area contributed by atoms with Gasteiger partial charge in [-0.1, -0.05) is 11.6 Å². The first-order chi connectivity index (χ1) is 14.0. The molecule has 30 heavy (non-hydrogen) atoms. The van der Waals surface area contributed by atoms with Gasteiger partial charge in [0.2, 0.25) is 5.91 Å². The van der Waals surface area contributed by atoms with Crippen molar-refractivity contribution in [2.75, 3.05) is 12.4 Å². The van der Waals surface area contributed by atoms with Crippen LogP contribution >= 0.6 is 11.6 Å². The number of aliphatic hydroxyl groups excluding tert-OH is 1. The third-order valence-electron chi connectivity index (χ3n) is 5.42. The molecule has 4 atom stereocenters. The van der Waals surface area contributed by atoms with Crippen LogP contribution in [-0.2, 0) is 4.79 Å². The third-order valence-corrected chi connectivity index (χ3v) is 5.70. The number of aromatic nitrogens is 3. The van der Waals surface area contributed by atoms with Crippen molar-refractivity contribution in [3.05, 3.63) is 17.0 Å². The smallest absolute Gasteiger partial charge is 0.222 e. The summed E-state index contributed by atoms with van der Waals surface area (Å²) in [6.45, 7) is 4.62. The SMILES string of the molecule is CC(C)(O)O.CNC(=O)C1CCC(n2cnc3c4c(c(Cl)nc32)C(O)CC(C)N4)C1. The van der Waals surface area contributed by atoms with Crippen LogP contribution in [0.15, 0.2) is 6.33 Å². The molecule has 10 heteroatoms. The van der Waals surface area contributed by atoms with Gasteiger partial charge < -0.3 is 30.5 Å². The number of aliphatic hydroxyl groups is 3. The summed E-state index contributed by atoms with van der Waals surface area (Å²) in [5.74, 6) is -1.38. The van der Waals surface area contributed by atoms with Crippen LogP contribution in [0.3, 0.4) is 0 Å². The molecule has 3 heterocycles. The van der Waals surface area contributed by atoms with Crippen LogP contribution in [0.4, 0.5) is 5.69 Å². The number of imidazole rings is 1. The molecule has 5 N–H and O–H groups in total. The van der Waals surface area contributed by atoms with E-state index in [9.17, 15) is 9.90 Å². The maximum atomic E-state index is 11.9. The number of hydrogen-bond acceptors (Lipinski definition) is 7. The molecule has 1 saturated carbocycles. The monoisotopic (exact) mass is 439 g/mol. The quantitative estimate of drug-likeness (QED) is 0.357. The first kappa shape index (κ1) is 22.7. The number of anilines is 1. The molecule has 1 amide bonds. The summed E-state index contributed by atoms with van der Waals surface area (Å²) in [6.07, 6.45) is 4.27. The van der Waals surface area contributed by atoms with Crippen molar-refractivity contribution < 1.29 is 20.1 Å². The number of hydrogen-bond donors (Lipinski definition) is 5. The highest BCUT2D eigenvalue weighted by Gasteiger charge is 2.33. The second-order valence-electron chi connectivity index (χ2n) is 8.58. The maximum absolute atomic E-state index is 11.9. The second kappa shape index (κ2) is 8.66. The molecule has 166 valence electrons. The number of rotatable bonds is 2. The van der Waals surface area contributed by atoms with Crippen molar-refractivity contribution in [3.8, 4) is 0 Å². The molecule has 2 aromatic heterocycles. The molecule has 1 aliphatic carbocycles. The molecule has 0 saturated heterocycles. The van der Waals surface area contributed by atoms with Crippen LogP contribution in [0.2, 0.25) is 5.15 Å². The van der Waals surface area contributed by atoms with Gasteiger partial charge in [0.05, 0.1) is 18.1 Å². The third kappa shape index (κ3) is 4.85. The molecular formula is C20H30ClN5O4. The van der Waals surface area contributed by atoms with E-state index in [1.54, 1.807) is 13.4 Å². The van der Waals surface area contributed by atoms with Crippen LogP contribution in [0, 0.1) is 5.92 Å². The Labute approximate surface area is 180 Å². The largest absolute Gasteiger partial charge is 0.388 e. The van der Waals surface area contributed by atoms with Gasteiger partial charge in [-0.3, -0.25) is 4.79 Å². The summed E-state index contributed by atoms with van der Waals surface area (Å²) in [5.41, 5.74) is 2.85. The molecule has 0 aromatic carbocycles. The van der Waals surface area contributed by atoms with Crippen molar-refractivity contribution in [1.29, 1.82) is 0 Å². The van der Waals surface area contributed by atoms with Gasteiger partial charge in [-0.15, -0.1) is 0 Å². The summed E-state index contributed by atoms with van der Waals surface area (Å²) < 4.78 is 2.03. The Bertz CT molecular complexity index is 920. The Morgan fingerprint density at radius 1 is 1.33 bits per heavy atom. The van der Waals surface area contributed by atoms with E-state index in [1.165, 1.54) is 13.8 Å². The second-order valence-corrected chi connectivity index (χ2v) is 8.94. The van der Waals surface area contributed by atoms with E-state index < -0.39 is 11.9 Å². The number of carbonyl (C=O) groups excluding carboxylic acids is 1. The topological polar surface area (TPSA) is 133 Å². The van der Waals surface area contributed by atoms with Gasteiger partial charge in [0.1, 0.15) is 10.7 Å². The van der Waals surface area contributed by atoms with E-state index in [1.807, 2.05) is 11.5 Å². The normalized spacial score (nSPS) is 25.9. The van der Waals surface area contributed by atoms with Gasteiger partial charge in [0.25, 0.3) is 0 Å². The van der Waals surface area contributed by atoms with Gasteiger partial charge in [0, 0.05) is 30.6 Å². The van der Waals surface area contributed by atoms with Crippen molar-refractivity contribution in [2.45, 2.75) is 70.4 Å². The average Bonchev–Trinajstić information content (AvgIpc) is 3.25. The fourth-order valence-corrected chi connectivity index (χ4v) is 4.45.